The van der Waals surface area contributed by atoms with Gasteiger partial charge in [0.25, 0.3) is 0 Å². The van der Waals surface area contributed by atoms with E-state index >= 15 is 0 Å². The molecule has 0 radical (unpaired) electrons. The Morgan fingerprint density at radius 1 is 1.33 bits per heavy atom. The van der Waals surface area contributed by atoms with Crippen LogP contribution in [0, 0.1) is 23.2 Å². The van der Waals surface area contributed by atoms with Gasteiger partial charge in [-0.25, -0.2) is 0 Å². The number of Topliss-reactive ketones (excluding diaryl/α,β-unsaturated/α-hetero) is 1. The van der Waals surface area contributed by atoms with E-state index in [9.17, 15) is 9.59 Å². The maximum atomic E-state index is 11.7. The second-order valence-electron chi connectivity index (χ2n) is 5.97. The van der Waals surface area contributed by atoms with E-state index in [4.69, 9.17) is 10.00 Å². The average molecular weight is 251 g/mol. The molecule has 18 heavy (non-hydrogen) atoms. The maximum Gasteiger partial charge on any atom is 0.306 e. The lowest BCUT2D eigenvalue weighted by Crippen LogP contribution is -2.25. The molecule has 4 heteroatoms. The van der Waals surface area contributed by atoms with Gasteiger partial charge in [-0.05, 0) is 46.0 Å². The zero-order valence-corrected chi connectivity index (χ0v) is 11.4. The first-order chi connectivity index (χ1) is 8.31. The molecule has 0 aliphatic heterocycles. The van der Waals surface area contributed by atoms with Gasteiger partial charge >= 0.3 is 5.97 Å². The minimum Gasteiger partial charge on any atom is -0.460 e. The first-order valence-corrected chi connectivity index (χ1v) is 6.43. The molecule has 1 rings (SSSR count). The standard InChI is InChI=1S/C14H21NO3/c1-14(2,3)18-13(17)9-10-4-5-11(8-10)12(16)6-7-15/h10-11H,4-6,8-9H2,1-3H3. The molecular weight excluding hydrogens is 230 g/mol. The number of nitriles is 1. The molecule has 0 amide bonds. The number of esters is 1. The molecule has 0 aromatic carbocycles. The van der Waals surface area contributed by atoms with Crippen LogP contribution in [0.4, 0.5) is 0 Å². The van der Waals surface area contributed by atoms with Gasteiger partial charge in [-0.2, -0.15) is 5.26 Å². The summed E-state index contributed by atoms with van der Waals surface area (Å²) in [4.78, 5) is 23.2. The Bertz CT molecular complexity index is 362. The van der Waals surface area contributed by atoms with E-state index < -0.39 is 5.60 Å². The molecule has 2 atom stereocenters. The summed E-state index contributed by atoms with van der Waals surface area (Å²) in [7, 11) is 0. The Balaban J connectivity index is 2.37. The van der Waals surface area contributed by atoms with Gasteiger partial charge in [0.2, 0.25) is 0 Å². The van der Waals surface area contributed by atoms with Gasteiger partial charge in [-0.15, -0.1) is 0 Å². The minimum absolute atomic E-state index is 0.0101. The predicted molar refractivity (Wildman–Crippen MR) is 66.5 cm³/mol. The molecule has 1 fully saturated rings. The summed E-state index contributed by atoms with van der Waals surface area (Å²) in [5.41, 5.74) is -0.453. The third kappa shape index (κ3) is 4.87. The lowest BCUT2D eigenvalue weighted by Gasteiger charge is -2.20. The molecule has 1 aliphatic carbocycles. The third-order valence-corrected chi connectivity index (χ3v) is 3.13. The van der Waals surface area contributed by atoms with Gasteiger partial charge in [-0.3, -0.25) is 9.59 Å². The van der Waals surface area contributed by atoms with Crippen molar-refractivity contribution in [1.82, 2.24) is 0 Å². The van der Waals surface area contributed by atoms with E-state index in [1.165, 1.54) is 0 Å². The van der Waals surface area contributed by atoms with E-state index in [1.54, 1.807) is 0 Å². The molecule has 0 spiro atoms. The highest BCUT2D eigenvalue weighted by Gasteiger charge is 2.31. The molecule has 1 saturated carbocycles. The van der Waals surface area contributed by atoms with Crippen LogP contribution in [0.1, 0.15) is 52.9 Å². The van der Waals surface area contributed by atoms with E-state index in [2.05, 4.69) is 0 Å². The lowest BCUT2D eigenvalue weighted by atomic mass is 9.97. The highest BCUT2D eigenvalue weighted by Crippen LogP contribution is 2.34. The Labute approximate surface area is 108 Å². The van der Waals surface area contributed by atoms with Gasteiger partial charge in [0.05, 0.1) is 12.5 Å². The van der Waals surface area contributed by atoms with Crippen molar-refractivity contribution in [3.05, 3.63) is 0 Å². The summed E-state index contributed by atoms with van der Waals surface area (Å²) in [6.45, 7) is 5.54. The highest BCUT2D eigenvalue weighted by atomic mass is 16.6. The average Bonchev–Trinajstić information content (AvgIpc) is 2.63. The van der Waals surface area contributed by atoms with E-state index in [0.717, 1.165) is 19.3 Å². The van der Waals surface area contributed by atoms with E-state index in [0.29, 0.717) is 6.42 Å². The maximum absolute atomic E-state index is 11.7. The second kappa shape index (κ2) is 5.99. The summed E-state index contributed by atoms with van der Waals surface area (Å²) in [5, 5.41) is 8.49. The number of ketones is 1. The van der Waals surface area contributed by atoms with Gasteiger partial charge in [-0.1, -0.05) is 0 Å². The summed E-state index contributed by atoms with van der Waals surface area (Å²) >= 11 is 0. The van der Waals surface area contributed by atoms with Crippen LogP contribution in [0.3, 0.4) is 0 Å². The number of rotatable bonds is 4. The van der Waals surface area contributed by atoms with Crippen molar-refractivity contribution in [2.45, 2.75) is 58.5 Å². The lowest BCUT2D eigenvalue weighted by molar-refractivity contribution is -0.156. The van der Waals surface area contributed by atoms with Gasteiger partial charge < -0.3 is 4.74 Å². The molecule has 4 nitrogen and oxygen atoms in total. The van der Waals surface area contributed by atoms with Crippen LogP contribution in [0.25, 0.3) is 0 Å². The molecule has 0 heterocycles. The van der Waals surface area contributed by atoms with Crippen molar-refractivity contribution in [2.75, 3.05) is 0 Å². The number of carbonyl (C=O) groups excluding carboxylic acids is 2. The zero-order chi connectivity index (χ0) is 13.8. The van der Waals surface area contributed by atoms with Crippen LogP contribution in [0.2, 0.25) is 0 Å². The number of ether oxygens (including phenoxy) is 1. The van der Waals surface area contributed by atoms with E-state index in [1.807, 2.05) is 26.8 Å². The van der Waals surface area contributed by atoms with Crippen LogP contribution in [-0.2, 0) is 14.3 Å². The van der Waals surface area contributed by atoms with Crippen LogP contribution in [0.15, 0.2) is 0 Å². The molecule has 0 N–H and O–H groups in total. The van der Waals surface area contributed by atoms with Gasteiger partial charge in [0.1, 0.15) is 11.4 Å². The SMILES string of the molecule is CC(C)(C)OC(=O)CC1CCC(C(=O)CC#N)C1. The normalized spacial score (nSPS) is 23.4. The molecule has 0 aromatic heterocycles. The van der Waals surface area contributed by atoms with Crippen LogP contribution < -0.4 is 0 Å². The molecular formula is C14H21NO3. The summed E-state index contributed by atoms with van der Waals surface area (Å²) in [5.74, 6) is 0.0228. The smallest absolute Gasteiger partial charge is 0.306 e. The van der Waals surface area contributed by atoms with Gasteiger partial charge in [0.15, 0.2) is 0 Å². The van der Waals surface area contributed by atoms with Crippen LogP contribution >= 0.6 is 0 Å². The topological polar surface area (TPSA) is 67.2 Å². The van der Waals surface area contributed by atoms with Crippen molar-refractivity contribution in [2.24, 2.45) is 11.8 Å². The summed E-state index contributed by atoms with van der Waals surface area (Å²) in [6.07, 6.45) is 2.77. The van der Waals surface area contributed by atoms with Crippen molar-refractivity contribution < 1.29 is 14.3 Å². The molecule has 1 aliphatic rings. The first kappa shape index (κ1) is 14.7. The fourth-order valence-electron chi connectivity index (χ4n) is 2.39. The number of hydrogen-bond donors (Lipinski definition) is 0. The fourth-order valence-corrected chi connectivity index (χ4v) is 2.39. The van der Waals surface area contributed by atoms with Crippen molar-refractivity contribution in [3.8, 4) is 6.07 Å². The van der Waals surface area contributed by atoms with Crippen molar-refractivity contribution >= 4 is 11.8 Å². The fraction of sp³-hybridized carbons (Fsp3) is 0.786. The first-order valence-electron chi connectivity index (χ1n) is 6.43. The predicted octanol–water partition coefficient (Wildman–Crippen LogP) is 2.62. The third-order valence-electron chi connectivity index (χ3n) is 3.13. The summed E-state index contributed by atoms with van der Waals surface area (Å²) in [6, 6.07) is 1.89. The van der Waals surface area contributed by atoms with Crippen molar-refractivity contribution in [3.63, 3.8) is 0 Å². The quantitative estimate of drug-likeness (QED) is 0.720. The van der Waals surface area contributed by atoms with E-state index in [-0.39, 0.29) is 30.0 Å². The molecule has 0 bridgehead atoms. The number of carbonyl (C=O) groups is 2. The van der Waals surface area contributed by atoms with Gasteiger partial charge in [0, 0.05) is 12.3 Å². The Hall–Kier alpha value is -1.37. The van der Waals surface area contributed by atoms with Crippen LogP contribution in [-0.4, -0.2) is 17.4 Å². The number of hydrogen-bond acceptors (Lipinski definition) is 4. The second-order valence-corrected chi connectivity index (χ2v) is 5.97. The Kier molecular flexibility index (Phi) is 4.89. The number of nitrogens with zero attached hydrogens (tertiary/aromatic N) is 1. The highest BCUT2D eigenvalue weighted by molar-refractivity contribution is 5.83. The van der Waals surface area contributed by atoms with Crippen molar-refractivity contribution in [1.29, 1.82) is 5.26 Å². The molecule has 2 unspecified atom stereocenters. The zero-order valence-electron chi connectivity index (χ0n) is 11.4. The Morgan fingerprint density at radius 2 is 2.00 bits per heavy atom. The molecule has 0 saturated heterocycles. The van der Waals surface area contributed by atoms with Crippen LogP contribution in [0.5, 0.6) is 0 Å². The Morgan fingerprint density at radius 3 is 2.56 bits per heavy atom. The molecule has 100 valence electrons. The minimum atomic E-state index is -0.453. The molecule has 0 aromatic rings. The largest absolute Gasteiger partial charge is 0.460 e. The summed E-state index contributed by atoms with van der Waals surface area (Å²) < 4.78 is 5.27. The monoisotopic (exact) mass is 251 g/mol.